The lowest BCUT2D eigenvalue weighted by molar-refractivity contribution is 0.329. The van der Waals surface area contributed by atoms with Crippen LogP contribution in [0.1, 0.15) is 11.1 Å². The summed E-state index contributed by atoms with van der Waals surface area (Å²) >= 11 is 0. The van der Waals surface area contributed by atoms with Gasteiger partial charge >= 0.3 is 6.08 Å². The van der Waals surface area contributed by atoms with E-state index in [1.54, 1.807) is 0 Å². The number of ether oxygens (including phenoxy) is 1. The Labute approximate surface area is 82.3 Å². The van der Waals surface area contributed by atoms with Gasteiger partial charge in [-0.2, -0.15) is 4.98 Å². The molecule has 0 aliphatic carbocycles. The van der Waals surface area contributed by atoms with E-state index in [4.69, 9.17) is 9.15 Å². The third kappa shape index (κ3) is 1.62. The minimum absolute atomic E-state index is 0.221. The number of oxazole rings is 1. The van der Waals surface area contributed by atoms with Crippen molar-refractivity contribution in [2.24, 2.45) is 0 Å². The van der Waals surface area contributed by atoms with Gasteiger partial charge in [-0.1, -0.05) is 12.1 Å². The molecule has 3 nitrogen and oxygen atoms in total. The van der Waals surface area contributed by atoms with Crippen LogP contribution in [-0.4, -0.2) is 4.98 Å². The summed E-state index contributed by atoms with van der Waals surface area (Å²) in [6.07, 6.45) is 4.12. The van der Waals surface area contributed by atoms with Crippen molar-refractivity contribution in [1.82, 2.24) is 4.98 Å². The van der Waals surface area contributed by atoms with Crippen LogP contribution in [0.15, 0.2) is 28.9 Å². The molecular formula is C11H10NO2. The van der Waals surface area contributed by atoms with Crippen LogP contribution in [0.3, 0.4) is 0 Å². The van der Waals surface area contributed by atoms with Gasteiger partial charge in [0.1, 0.15) is 18.2 Å². The van der Waals surface area contributed by atoms with Crippen molar-refractivity contribution in [3.63, 3.8) is 0 Å². The van der Waals surface area contributed by atoms with Crippen molar-refractivity contribution in [2.75, 3.05) is 0 Å². The molecule has 2 aromatic rings. The van der Waals surface area contributed by atoms with E-state index in [2.05, 4.69) is 11.2 Å². The molecule has 0 amide bonds. The smallest absolute Gasteiger partial charge is 0.399 e. The predicted octanol–water partition coefficient (Wildman–Crippen LogP) is 2.88. The normalized spacial score (nSPS) is 10.1. The fraction of sp³-hybridized carbons (Fsp3) is 0.182. The lowest BCUT2D eigenvalue weighted by Crippen LogP contribution is -1.89. The van der Waals surface area contributed by atoms with Gasteiger partial charge in [0, 0.05) is 0 Å². The summed E-state index contributed by atoms with van der Waals surface area (Å²) in [5.74, 6) is 0.765. The van der Waals surface area contributed by atoms with Gasteiger partial charge in [-0.05, 0) is 31.0 Å². The van der Waals surface area contributed by atoms with Crippen LogP contribution < -0.4 is 4.74 Å². The molecule has 0 aliphatic rings. The summed E-state index contributed by atoms with van der Waals surface area (Å²) in [5.41, 5.74) is 2.27. The van der Waals surface area contributed by atoms with Crippen molar-refractivity contribution in [3.8, 4) is 11.8 Å². The Kier molecular flexibility index (Phi) is 2.23. The highest BCUT2D eigenvalue weighted by Gasteiger charge is 2.05. The van der Waals surface area contributed by atoms with Crippen molar-refractivity contribution < 1.29 is 9.15 Å². The van der Waals surface area contributed by atoms with Gasteiger partial charge in [-0.3, -0.25) is 0 Å². The second kappa shape index (κ2) is 3.54. The largest absolute Gasteiger partial charge is 0.417 e. The first kappa shape index (κ1) is 8.81. The number of aryl methyl sites for hydroxylation is 1. The molecule has 0 saturated carbocycles. The quantitative estimate of drug-likeness (QED) is 0.726. The first-order valence-corrected chi connectivity index (χ1v) is 4.33. The van der Waals surface area contributed by atoms with Crippen LogP contribution >= 0.6 is 0 Å². The van der Waals surface area contributed by atoms with Crippen LogP contribution in [0.4, 0.5) is 0 Å². The Morgan fingerprint density at radius 2 is 2.21 bits per heavy atom. The van der Waals surface area contributed by atoms with E-state index in [1.807, 2.05) is 32.0 Å². The zero-order valence-corrected chi connectivity index (χ0v) is 8.07. The van der Waals surface area contributed by atoms with E-state index >= 15 is 0 Å². The van der Waals surface area contributed by atoms with E-state index in [1.165, 1.54) is 11.8 Å². The average Bonchev–Trinajstić information content (AvgIpc) is 2.66. The highest BCUT2D eigenvalue weighted by Crippen LogP contribution is 2.25. The van der Waals surface area contributed by atoms with Gasteiger partial charge in [0.25, 0.3) is 0 Å². The number of rotatable bonds is 2. The Morgan fingerprint density at radius 1 is 1.36 bits per heavy atom. The molecule has 0 atom stereocenters. The van der Waals surface area contributed by atoms with Crippen LogP contribution in [0, 0.1) is 20.0 Å². The zero-order valence-electron chi connectivity index (χ0n) is 8.07. The standard InChI is InChI=1S/C11H10NO2/c1-8-4-3-5-10(9(8)2)14-11-12-6-7-13-11/h3-5,7H,1-2H3. The molecule has 0 N–H and O–H groups in total. The number of hydrogen-bond acceptors (Lipinski definition) is 3. The fourth-order valence-corrected chi connectivity index (χ4v) is 1.16. The van der Waals surface area contributed by atoms with Gasteiger partial charge in [0.05, 0.1) is 0 Å². The van der Waals surface area contributed by atoms with Gasteiger partial charge in [-0.15, -0.1) is 0 Å². The van der Waals surface area contributed by atoms with E-state index in [9.17, 15) is 0 Å². The molecule has 0 bridgehead atoms. The van der Waals surface area contributed by atoms with Gasteiger partial charge in [-0.25, -0.2) is 0 Å². The Balaban J connectivity index is 2.29. The van der Waals surface area contributed by atoms with Gasteiger partial charge in [0.2, 0.25) is 0 Å². The second-order valence-electron chi connectivity index (χ2n) is 3.04. The minimum Gasteiger partial charge on any atom is -0.417 e. The maximum atomic E-state index is 5.42. The van der Waals surface area contributed by atoms with E-state index in [-0.39, 0.29) is 6.08 Å². The summed E-state index contributed by atoms with van der Waals surface area (Å²) < 4.78 is 10.4. The molecule has 0 aliphatic heterocycles. The maximum absolute atomic E-state index is 5.42. The molecule has 71 valence electrons. The number of benzene rings is 1. The SMILES string of the molecule is Cc1cccc(Oc2n[c]co2)c1C. The summed E-state index contributed by atoms with van der Waals surface area (Å²) in [5, 5.41) is 0. The lowest BCUT2D eigenvalue weighted by atomic mass is 10.1. The van der Waals surface area contributed by atoms with Crippen LogP contribution in [0.2, 0.25) is 0 Å². The zero-order chi connectivity index (χ0) is 9.97. The van der Waals surface area contributed by atoms with Crippen LogP contribution in [-0.2, 0) is 0 Å². The molecule has 14 heavy (non-hydrogen) atoms. The highest BCUT2D eigenvalue weighted by molar-refractivity contribution is 5.39. The first-order valence-electron chi connectivity index (χ1n) is 4.33. The van der Waals surface area contributed by atoms with Gasteiger partial charge in [0.15, 0.2) is 0 Å². The van der Waals surface area contributed by atoms with Crippen molar-refractivity contribution >= 4 is 0 Å². The molecule has 1 aromatic carbocycles. The molecule has 1 radical (unpaired) electrons. The first-order chi connectivity index (χ1) is 6.77. The van der Waals surface area contributed by atoms with Crippen LogP contribution in [0.5, 0.6) is 11.8 Å². The van der Waals surface area contributed by atoms with Crippen LogP contribution in [0.25, 0.3) is 0 Å². The molecule has 0 unspecified atom stereocenters. The highest BCUT2D eigenvalue weighted by atomic mass is 16.6. The number of hydrogen-bond donors (Lipinski definition) is 0. The molecule has 0 spiro atoms. The molecular weight excluding hydrogens is 178 g/mol. The topological polar surface area (TPSA) is 35.3 Å². The minimum atomic E-state index is 0.221. The monoisotopic (exact) mass is 188 g/mol. The summed E-state index contributed by atoms with van der Waals surface area (Å²) in [7, 11) is 0. The summed E-state index contributed by atoms with van der Waals surface area (Å²) in [6.45, 7) is 4.03. The van der Waals surface area contributed by atoms with Crippen molar-refractivity contribution in [2.45, 2.75) is 13.8 Å². The third-order valence-electron chi connectivity index (χ3n) is 2.12. The Bertz CT molecular complexity index is 421. The number of aromatic nitrogens is 1. The Hall–Kier alpha value is -1.77. The molecule has 1 heterocycles. The van der Waals surface area contributed by atoms with Crippen molar-refractivity contribution in [3.05, 3.63) is 41.8 Å². The Morgan fingerprint density at radius 3 is 2.93 bits per heavy atom. The fourth-order valence-electron chi connectivity index (χ4n) is 1.16. The summed E-state index contributed by atoms with van der Waals surface area (Å²) in [4.78, 5) is 3.77. The molecule has 0 fully saturated rings. The molecule has 1 aromatic heterocycles. The van der Waals surface area contributed by atoms with Gasteiger partial charge < -0.3 is 9.15 Å². The predicted molar refractivity (Wildman–Crippen MR) is 51.3 cm³/mol. The van der Waals surface area contributed by atoms with Crippen molar-refractivity contribution in [1.29, 1.82) is 0 Å². The molecule has 3 heteroatoms. The lowest BCUT2D eigenvalue weighted by Gasteiger charge is -2.06. The molecule has 2 rings (SSSR count). The van der Waals surface area contributed by atoms with E-state index < -0.39 is 0 Å². The number of nitrogens with zero attached hydrogens (tertiary/aromatic N) is 1. The molecule has 0 saturated heterocycles. The summed E-state index contributed by atoms with van der Waals surface area (Å²) in [6, 6.07) is 5.85. The second-order valence-corrected chi connectivity index (χ2v) is 3.04. The maximum Gasteiger partial charge on any atom is 0.399 e. The van der Waals surface area contributed by atoms with E-state index in [0.717, 1.165) is 11.3 Å². The third-order valence-corrected chi connectivity index (χ3v) is 2.12. The average molecular weight is 188 g/mol. The van der Waals surface area contributed by atoms with E-state index in [0.29, 0.717) is 0 Å².